The highest BCUT2D eigenvalue weighted by Crippen LogP contribution is 2.44. The number of nitrogens with one attached hydrogen (secondary N) is 2. The monoisotopic (exact) mass is 607 g/mol. The molecule has 0 radical (unpaired) electrons. The maximum absolute atomic E-state index is 10.6. The highest BCUT2D eigenvalue weighted by molar-refractivity contribution is 7.26. The lowest BCUT2D eigenvalue weighted by Gasteiger charge is -2.35. The van der Waals surface area contributed by atoms with Crippen molar-refractivity contribution in [2.24, 2.45) is 0 Å². The van der Waals surface area contributed by atoms with Crippen LogP contribution < -0.4 is 10.6 Å². The minimum atomic E-state index is -0.188. The van der Waals surface area contributed by atoms with Crippen molar-refractivity contribution in [1.82, 2.24) is 9.88 Å². The van der Waals surface area contributed by atoms with Gasteiger partial charge in [0.15, 0.2) is 0 Å². The number of hydrogen-bond donors (Lipinski definition) is 2. The molecule has 0 saturated carbocycles. The minimum absolute atomic E-state index is 0.168. The first-order valence-electron chi connectivity index (χ1n) is 15.2. The smallest absolute Gasteiger partial charge is 0.104 e. The van der Waals surface area contributed by atoms with E-state index in [0.717, 1.165) is 39.1 Å². The minimum Gasteiger partial charge on any atom is -0.366 e. The van der Waals surface area contributed by atoms with Crippen LogP contribution in [-0.2, 0) is 0 Å². The lowest BCUT2D eigenvalue weighted by molar-refractivity contribution is 0.506. The van der Waals surface area contributed by atoms with Gasteiger partial charge in [-0.3, -0.25) is 5.32 Å². The van der Waals surface area contributed by atoms with Crippen LogP contribution in [0.15, 0.2) is 127 Å². The number of aromatic nitrogens is 1. The molecular weight excluding hydrogens is 583 g/mol. The number of rotatable bonds is 3. The van der Waals surface area contributed by atoms with E-state index in [4.69, 9.17) is 0 Å². The Kier molecular flexibility index (Phi) is 5.94. The Hall–Kier alpha value is -5.92. The normalized spacial score (nSPS) is 15.9. The van der Waals surface area contributed by atoms with Crippen molar-refractivity contribution in [2.45, 2.75) is 12.2 Å². The molecule has 1 aliphatic rings. The van der Waals surface area contributed by atoms with Gasteiger partial charge in [-0.05, 0) is 59.2 Å². The Morgan fingerprint density at radius 2 is 1.46 bits per heavy atom. The number of fused-ring (bicyclic) bond motifs is 8. The highest BCUT2D eigenvalue weighted by atomic mass is 32.1. The van der Waals surface area contributed by atoms with Gasteiger partial charge in [0.2, 0.25) is 0 Å². The summed E-state index contributed by atoms with van der Waals surface area (Å²) < 4.78 is 4.78. The average molecular weight is 608 g/mol. The van der Waals surface area contributed by atoms with Gasteiger partial charge in [-0.25, -0.2) is 0 Å². The summed E-state index contributed by atoms with van der Waals surface area (Å²) >= 11 is 1.83. The molecule has 3 heterocycles. The summed E-state index contributed by atoms with van der Waals surface area (Å²) in [5.74, 6) is 0. The van der Waals surface area contributed by atoms with Crippen molar-refractivity contribution < 1.29 is 0 Å². The zero-order chi connectivity index (χ0) is 30.8. The molecule has 216 valence electrons. The first kappa shape index (κ1) is 26.5. The van der Waals surface area contributed by atoms with Gasteiger partial charge in [-0.2, -0.15) is 10.5 Å². The van der Waals surface area contributed by atoms with E-state index in [9.17, 15) is 10.5 Å². The summed E-state index contributed by atoms with van der Waals surface area (Å²) in [5.41, 5.74) is 8.24. The molecule has 0 fully saturated rings. The maximum Gasteiger partial charge on any atom is 0.104 e. The van der Waals surface area contributed by atoms with Crippen LogP contribution in [0.5, 0.6) is 0 Å². The van der Waals surface area contributed by atoms with Gasteiger partial charge in [0, 0.05) is 36.6 Å². The van der Waals surface area contributed by atoms with Gasteiger partial charge in [-0.1, -0.05) is 84.9 Å². The molecule has 6 aromatic carbocycles. The molecule has 0 amide bonds. The Labute approximate surface area is 269 Å². The number of anilines is 1. The second-order valence-electron chi connectivity index (χ2n) is 11.7. The first-order valence-corrected chi connectivity index (χ1v) is 16.0. The van der Waals surface area contributed by atoms with Crippen molar-refractivity contribution in [2.75, 3.05) is 5.32 Å². The third-order valence-electron chi connectivity index (χ3n) is 9.15. The number of benzene rings is 6. The predicted molar refractivity (Wildman–Crippen MR) is 187 cm³/mol. The molecule has 2 N–H and O–H groups in total. The molecule has 6 heteroatoms. The van der Waals surface area contributed by atoms with E-state index in [1.165, 1.54) is 30.9 Å². The highest BCUT2D eigenvalue weighted by Gasteiger charge is 2.29. The van der Waals surface area contributed by atoms with Crippen LogP contribution in [0, 0.1) is 22.7 Å². The van der Waals surface area contributed by atoms with E-state index in [0.29, 0.717) is 11.1 Å². The van der Waals surface area contributed by atoms with Crippen molar-refractivity contribution in [3.05, 3.63) is 155 Å². The Morgan fingerprint density at radius 1 is 0.652 bits per heavy atom. The van der Waals surface area contributed by atoms with Crippen LogP contribution in [-0.4, -0.2) is 4.57 Å². The lowest BCUT2D eigenvalue weighted by Crippen LogP contribution is -2.37. The van der Waals surface area contributed by atoms with E-state index < -0.39 is 0 Å². The predicted octanol–water partition coefficient (Wildman–Crippen LogP) is 9.70. The molecule has 2 aromatic heterocycles. The van der Waals surface area contributed by atoms with Crippen molar-refractivity contribution >= 4 is 59.0 Å². The summed E-state index contributed by atoms with van der Waals surface area (Å²) in [5, 5.41) is 32.5. The number of hydrogen-bond acceptors (Lipinski definition) is 5. The lowest BCUT2D eigenvalue weighted by atomic mass is 9.91. The molecular formula is C40H25N5S. The summed E-state index contributed by atoms with van der Waals surface area (Å²) in [7, 11) is 0. The second-order valence-corrected chi connectivity index (χ2v) is 12.7. The first-order chi connectivity index (χ1) is 22.7. The van der Waals surface area contributed by atoms with Crippen LogP contribution in [0.3, 0.4) is 0 Å². The fourth-order valence-corrected chi connectivity index (χ4v) is 8.33. The van der Waals surface area contributed by atoms with Crippen molar-refractivity contribution in [1.29, 1.82) is 10.5 Å². The van der Waals surface area contributed by atoms with E-state index in [1.807, 2.05) is 53.8 Å². The van der Waals surface area contributed by atoms with Crippen LogP contribution >= 0.6 is 11.3 Å². The molecule has 2 unspecified atom stereocenters. The molecule has 0 saturated heterocycles. The van der Waals surface area contributed by atoms with Crippen molar-refractivity contribution in [3.63, 3.8) is 0 Å². The average Bonchev–Trinajstić information content (AvgIpc) is 3.66. The fourth-order valence-electron chi connectivity index (χ4n) is 7.07. The Bertz CT molecular complexity index is 2580. The van der Waals surface area contributed by atoms with Crippen molar-refractivity contribution in [3.8, 4) is 17.8 Å². The molecule has 0 aliphatic carbocycles. The maximum atomic E-state index is 10.6. The molecule has 9 rings (SSSR count). The van der Waals surface area contributed by atoms with Gasteiger partial charge in [0.25, 0.3) is 0 Å². The third-order valence-corrected chi connectivity index (χ3v) is 10.4. The van der Waals surface area contributed by atoms with Crippen LogP contribution in [0.4, 0.5) is 5.69 Å². The zero-order valence-electron chi connectivity index (χ0n) is 24.5. The molecule has 0 bridgehead atoms. The Morgan fingerprint density at radius 3 is 2.30 bits per heavy atom. The van der Waals surface area contributed by atoms with E-state index >= 15 is 0 Å². The summed E-state index contributed by atoms with van der Waals surface area (Å²) in [6.07, 6.45) is -0.168. The number of nitriles is 2. The number of para-hydroxylation sites is 1. The number of nitrogens with zero attached hydrogens (tertiary/aromatic N) is 3. The van der Waals surface area contributed by atoms with Crippen LogP contribution in [0.2, 0.25) is 0 Å². The van der Waals surface area contributed by atoms with Crippen LogP contribution in [0.1, 0.15) is 40.0 Å². The van der Waals surface area contributed by atoms with E-state index in [-0.39, 0.29) is 12.2 Å². The molecule has 1 aliphatic heterocycles. The molecule has 8 aromatic rings. The molecule has 2 atom stereocenters. The third kappa shape index (κ3) is 3.95. The van der Waals surface area contributed by atoms with Gasteiger partial charge >= 0.3 is 0 Å². The largest absolute Gasteiger partial charge is 0.366 e. The summed E-state index contributed by atoms with van der Waals surface area (Å²) in [6.45, 7) is 0. The van der Waals surface area contributed by atoms with Gasteiger partial charge < -0.3 is 9.88 Å². The zero-order valence-corrected chi connectivity index (χ0v) is 25.3. The fraction of sp³-hybridized carbons (Fsp3) is 0.0500. The molecule has 5 nitrogen and oxygen atoms in total. The van der Waals surface area contributed by atoms with Gasteiger partial charge in [-0.15, -0.1) is 11.3 Å². The van der Waals surface area contributed by atoms with Gasteiger partial charge in [0.1, 0.15) is 12.2 Å². The Balaban J connectivity index is 1.23. The molecule has 46 heavy (non-hydrogen) atoms. The van der Waals surface area contributed by atoms with Gasteiger partial charge in [0.05, 0.1) is 40.0 Å². The summed E-state index contributed by atoms with van der Waals surface area (Å²) in [6, 6.07) is 48.3. The second kappa shape index (κ2) is 10.3. The standard InChI is InChI=1S/C40H25N5S/c41-22-24-14-16-30-32(20-24)43-40(25-8-2-1-3-9-25)44-38(30)26-15-18-33(27(21-26)23-42)45-34-12-6-4-11-31(34)37-35(45)19-17-29-28-10-5-7-13-36(28)46-39(29)37/h1-21,38,40,43-44H. The summed E-state index contributed by atoms with van der Waals surface area (Å²) in [4.78, 5) is 0. The van der Waals surface area contributed by atoms with Crippen LogP contribution in [0.25, 0.3) is 47.7 Å². The van der Waals surface area contributed by atoms with E-state index in [1.54, 1.807) is 0 Å². The SMILES string of the molecule is N#Cc1ccc2c(c1)NC(c1ccccc1)NC2c1ccc(-n2c3ccccc3c3c4sc5ccccc5c4ccc32)c(C#N)c1. The number of thiophene rings is 1. The quantitative estimate of drug-likeness (QED) is 0.210. The molecule has 0 spiro atoms. The topological polar surface area (TPSA) is 76.6 Å². The van der Waals surface area contributed by atoms with E-state index in [2.05, 4.69) is 112 Å².